The number of carboxylic acids is 1. The number of unbranched alkanes of at least 4 members (excludes halogenated alkanes) is 1. The Morgan fingerprint density at radius 1 is 1.55 bits per heavy atom. The molecule has 0 aliphatic heterocycles. The summed E-state index contributed by atoms with van der Waals surface area (Å²) >= 11 is 0. The monoisotopic (exact) mass is 156 g/mol. The Balaban J connectivity index is 4.21. The fraction of sp³-hybridized carbons (Fsp3) is 0.667. The molecule has 0 rings (SSSR count). The first-order chi connectivity index (χ1) is 5.09. The largest absolute Gasteiger partial charge is 0.478 e. The molecule has 64 valence electrons. The Labute approximate surface area is 67.9 Å². The minimum atomic E-state index is -0.784. The van der Waals surface area contributed by atoms with E-state index in [9.17, 15) is 4.79 Å². The van der Waals surface area contributed by atoms with Gasteiger partial charge in [-0.05, 0) is 12.3 Å². The predicted molar refractivity (Wildman–Crippen MR) is 45.5 cm³/mol. The van der Waals surface area contributed by atoms with E-state index in [-0.39, 0.29) is 5.92 Å². The Morgan fingerprint density at radius 2 is 2.09 bits per heavy atom. The van der Waals surface area contributed by atoms with E-state index in [1.54, 1.807) is 0 Å². The Hall–Kier alpha value is -0.790. The quantitative estimate of drug-likeness (QED) is 0.635. The van der Waals surface area contributed by atoms with Crippen LogP contribution in [-0.2, 0) is 4.79 Å². The van der Waals surface area contributed by atoms with Gasteiger partial charge in [-0.1, -0.05) is 33.3 Å². The average Bonchev–Trinajstić information content (AvgIpc) is 1.87. The molecule has 0 aliphatic carbocycles. The summed E-state index contributed by atoms with van der Waals surface area (Å²) in [5.41, 5.74) is 0.534. The van der Waals surface area contributed by atoms with Gasteiger partial charge in [0.15, 0.2) is 0 Å². The smallest absolute Gasteiger partial charge is 0.331 e. The van der Waals surface area contributed by atoms with Crippen LogP contribution in [0.2, 0.25) is 0 Å². The van der Waals surface area contributed by atoms with E-state index in [0.29, 0.717) is 5.57 Å². The van der Waals surface area contributed by atoms with Crippen LogP contribution in [0.3, 0.4) is 0 Å². The molecule has 0 aromatic carbocycles. The maximum absolute atomic E-state index is 10.6. The molecule has 0 saturated heterocycles. The Morgan fingerprint density at radius 3 is 2.36 bits per heavy atom. The third kappa shape index (κ3) is 3.81. The first kappa shape index (κ1) is 10.2. The molecule has 2 nitrogen and oxygen atoms in total. The summed E-state index contributed by atoms with van der Waals surface area (Å²) in [6.07, 6.45) is 3.68. The van der Waals surface area contributed by atoms with E-state index in [0.717, 1.165) is 12.8 Å². The van der Waals surface area contributed by atoms with Gasteiger partial charge in [-0.15, -0.1) is 0 Å². The lowest BCUT2D eigenvalue weighted by Crippen LogP contribution is -2.06. The average molecular weight is 156 g/mol. The SMILES string of the molecule is CCC/C=C(/C(=O)O)C(C)C. The van der Waals surface area contributed by atoms with Gasteiger partial charge in [-0.25, -0.2) is 4.79 Å². The molecule has 0 aliphatic rings. The molecule has 0 bridgehead atoms. The minimum Gasteiger partial charge on any atom is -0.478 e. The van der Waals surface area contributed by atoms with Gasteiger partial charge in [0, 0.05) is 5.57 Å². The molecule has 0 spiro atoms. The predicted octanol–water partition coefficient (Wildman–Crippen LogP) is 2.45. The second kappa shape index (κ2) is 4.94. The van der Waals surface area contributed by atoms with Crippen molar-refractivity contribution in [2.45, 2.75) is 33.6 Å². The van der Waals surface area contributed by atoms with Gasteiger partial charge in [0.2, 0.25) is 0 Å². The van der Waals surface area contributed by atoms with Gasteiger partial charge in [-0.2, -0.15) is 0 Å². The second-order valence-electron chi connectivity index (χ2n) is 2.91. The summed E-state index contributed by atoms with van der Waals surface area (Å²) in [6.45, 7) is 5.83. The summed E-state index contributed by atoms with van der Waals surface area (Å²) in [5.74, 6) is -0.660. The lowest BCUT2D eigenvalue weighted by molar-refractivity contribution is -0.133. The van der Waals surface area contributed by atoms with Crippen molar-refractivity contribution < 1.29 is 9.90 Å². The van der Waals surface area contributed by atoms with Crippen LogP contribution in [0.4, 0.5) is 0 Å². The Kier molecular flexibility index (Phi) is 4.59. The summed E-state index contributed by atoms with van der Waals surface area (Å²) in [5, 5.41) is 8.70. The van der Waals surface area contributed by atoms with Gasteiger partial charge in [0.25, 0.3) is 0 Å². The zero-order valence-electron chi connectivity index (χ0n) is 7.42. The molecule has 0 aromatic rings. The van der Waals surface area contributed by atoms with Crippen LogP contribution in [0.25, 0.3) is 0 Å². The van der Waals surface area contributed by atoms with Crippen molar-refractivity contribution >= 4 is 5.97 Å². The molecule has 0 unspecified atom stereocenters. The van der Waals surface area contributed by atoms with E-state index < -0.39 is 5.97 Å². The standard InChI is InChI=1S/C9H16O2/c1-4-5-6-8(7(2)3)9(10)11/h6-7H,4-5H2,1-3H3,(H,10,11)/b8-6+. The fourth-order valence-electron chi connectivity index (χ4n) is 0.870. The van der Waals surface area contributed by atoms with Crippen molar-refractivity contribution in [1.29, 1.82) is 0 Å². The van der Waals surface area contributed by atoms with E-state index in [4.69, 9.17) is 5.11 Å². The number of aliphatic carboxylic acids is 1. The topological polar surface area (TPSA) is 37.3 Å². The molecule has 0 amide bonds. The highest BCUT2D eigenvalue weighted by Gasteiger charge is 2.09. The van der Waals surface area contributed by atoms with E-state index >= 15 is 0 Å². The second-order valence-corrected chi connectivity index (χ2v) is 2.91. The molecular formula is C9H16O2. The molecule has 0 heterocycles. The number of hydrogen-bond acceptors (Lipinski definition) is 1. The number of allylic oxidation sites excluding steroid dienone is 1. The van der Waals surface area contributed by atoms with Crippen LogP contribution in [0.15, 0.2) is 11.6 Å². The molecule has 1 N–H and O–H groups in total. The first-order valence-electron chi connectivity index (χ1n) is 4.03. The number of rotatable bonds is 4. The summed E-state index contributed by atoms with van der Waals surface area (Å²) in [6, 6.07) is 0. The Bertz CT molecular complexity index is 157. The van der Waals surface area contributed by atoms with Gasteiger partial charge in [0.1, 0.15) is 0 Å². The maximum Gasteiger partial charge on any atom is 0.331 e. The van der Waals surface area contributed by atoms with Crippen molar-refractivity contribution in [2.75, 3.05) is 0 Å². The molecular weight excluding hydrogens is 140 g/mol. The third-order valence-electron chi connectivity index (χ3n) is 1.52. The number of carboxylic acid groups (broad SMARTS) is 1. The normalized spacial score (nSPS) is 12.2. The van der Waals surface area contributed by atoms with Crippen LogP contribution in [0.5, 0.6) is 0 Å². The van der Waals surface area contributed by atoms with Crippen molar-refractivity contribution in [3.8, 4) is 0 Å². The zero-order chi connectivity index (χ0) is 8.85. The molecule has 11 heavy (non-hydrogen) atoms. The number of carbonyl (C=O) groups is 1. The van der Waals surface area contributed by atoms with Crippen LogP contribution in [-0.4, -0.2) is 11.1 Å². The summed E-state index contributed by atoms with van der Waals surface area (Å²) < 4.78 is 0. The van der Waals surface area contributed by atoms with Crippen LogP contribution >= 0.6 is 0 Å². The molecule has 0 fully saturated rings. The van der Waals surface area contributed by atoms with E-state index in [1.165, 1.54) is 0 Å². The lowest BCUT2D eigenvalue weighted by atomic mass is 10.0. The molecule has 2 heteroatoms. The third-order valence-corrected chi connectivity index (χ3v) is 1.52. The van der Waals surface area contributed by atoms with Gasteiger partial charge in [0.05, 0.1) is 0 Å². The van der Waals surface area contributed by atoms with Crippen LogP contribution in [0.1, 0.15) is 33.6 Å². The highest BCUT2D eigenvalue weighted by Crippen LogP contribution is 2.10. The van der Waals surface area contributed by atoms with Crippen LogP contribution in [0, 0.1) is 5.92 Å². The van der Waals surface area contributed by atoms with Crippen LogP contribution < -0.4 is 0 Å². The van der Waals surface area contributed by atoms with Gasteiger partial charge in [-0.3, -0.25) is 0 Å². The van der Waals surface area contributed by atoms with E-state index in [1.807, 2.05) is 26.8 Å². The zero-order valence-corrected chi connectivity index (χ0v) is 7.42. The minimum absolute atomic E-state index is 0.124. The van der Waals surface area contributed by atoms with Crippen molar-refractivity contribution in [3.63, 3.8) is 0 Å². The van der Waals surface area contributed by atoms with Crippen molar-refractivity contribution in [3.05, 3.63) is 11.6 Å². The highest BCUT2D eigenvalue weighted by molar-refractivity contribution is 5.86. The number of hydrogen-bond donors (Lipinski definition) is 1. The highest BCUT2D eigenvalue weighted by atomic mass is 16.4. The molecule has 0 saturated carbocycles. The molecule has 0 atom stereocenters. The van der Waals surface area contributed by atoms with E-state index in [2.05, 4.69) is 0 Å². The lowest BCUT2D eigenvalue weighted by Gasteiger charge is -2.04. The van der Waals surface area contributed by atoms with Gasteiger partial charge < -0.3 is 5.11 Å². The first-order valence-corrected chi connectivity index (χ1v) is 4.03. The summed E-state index contributed by atoms with van der Waals surface area (Å²) in [7, 11) is 0. The maximum atomic E-state index is 10.6. The molecule has 0 radical (unpaired) electrons. The molecule has 0 aromatic heterocycles. The van der Waals surface area contributed by atoms with Crippen molar-refractivity contribution in [1.82, 2.24) is 0 Å². The summed E-state index contributed by atoms with van der Waals surface area (Å²) in [4.78, 5) is 10.6. The van der Waals surface area contributed by atoms with Crippen molar-refractivity contribution in [2.24, 2.45) is 5.92 Å². The van der Waals surface area contributed by atoms with Gasteiger partial charge >= 0.3 is 5.97 Å². The fourth-order valence-corrected chi connectivity index (χ4v) is 0.870.